The van der Waals surface area contributed by atoms with Crippen LogP contribution in [0.25, 0.3) is 0 Å². The summed E-state index contributed by atoms with van der Waals surface area (Å²) in [7, 11) is 0. The van der Waals surface area contributed by atoms with Gasteiger partial charge in [-0.3, -0.25) is 0 Å². The van der Waals surface area contributed by atoms with Crippen molar-refractivity contribution in [2.24, 2.45) is 0 Å². The van der Waals surface area contributed by atoms with E-state index in [1.54, 1.807) is 0 Å². The van der Waals surface area contributed by atoms with E-state index in [0.29, 0.717) is 6.04 Å². The first kappa shape index (κ1) is 16.3. The van der Waals surface area contributed by atoms with Crippen LogP contribution >= 0.6 is 23.5 Å². The van der Waals surface area contributed by atoms with E-state index in [2.05, 4.69) is 73.0 Å². The van der Waals surface area contributed by atoms with Crippen molar-refractivity contribution in [3.63, 3.8) is 0 Å². The highest BCUT2D eigenvalue weighted by atomic mass is 32.2. The third-order valence-electron chi connectivity index (χ3n) is 3.85. The van der Waals surface area contributed by atoms with Crippen molar-refractivity contribution >= 4 is 23.5 Å². The van der Waals surface area contributed by atoms with Gasteiger partial charge in [-0.2, -0.15) is 23.5 Å². The van der Waals surface area contributed by atoms with Gasteiger partial charge in [-0.25, -0.2) is 0 Å². The van der Waals surface area contributed by atoms with Crippen LogP contribution < -0.4 is 5.32 Å². The Balaban J connectivity index is 2.05. The SMILES string of the molecule is CCCNC(Cc1ccccc1)C1SCCSC1CC. The fourth-order valence-corrected chi connectivity index (χ4v) is 6.08. The molecule has 0 amide bonds. The molecule has 1 aromatic carbocycles. The van der Waals surface area contributed by atoms with Gasteiger partial charge in [-0.05, 0) is 31.4 Å². The van der Waals surface area contributed by atoms with Crippen molar-refractivity contribution in [2.45, 2.75) is 49.7 Å². The van der Waals surface area contributed by atoms with Gasteiger partial charge in [0, 0.05) is 28.0 Å². The molecule has 1 N–H and O–H groups in total. The van der Waals surface area contributed by atoms with Gasteiger partial charge >= 0.3 is 0 Å². The quantitative estimate of drug-likeness (QED) is 0.810. The van der Waals surface area contributed by atoms with Gasteiger partial charge in [0.1, 0.15) is 0 Å². The summed E-state index contributed by atoms with van der Waals surface area (Å²) in [5, 5.41) is 5.38. The minimum absolute atomic E-state index is 0.611. The van der Waals surface area contributed by atoms with E-state index in [1.165, 1.54) is 29.9 Å². The van der Waals surface area contributed by atoms with Crippen LogP contribution in [0.4, 0.5) is 0 Å². The van der Waals surface area contributed by atoms with Gasteiger partial charge in [0.25, 0.3) is 0 Å². The molecule has 1 aliphatic heterocycles. The smallest absolute Gasteiger partial charge is 0.0323 e. The Kier molecular flexibility index (Phi) is 7.32. The van der Waals surface area contributed by atoms with Gasteiger partial charge in [-0.1, -0.05) is 44.2 Å². The molecule has 0 aromatic heterocycles. The molecule has 0 radical (unpaired) electrons. The van der Waals surface area contributed by atoms with Crippen LogP contribution in [-0.4, -0.2) is 34.6 Å². The number of hydrogen-bond acceptors (Lipinski definition) is 3. The van der Waals surface area contributed by atoms with Gasteiger partial charge in [-0.15, -0.1) is 0 Å². The second kappa shape index (κ2) is 9.01. The lowest BCUT2D eigenvalue weighted by molar-refractivity contribution is 0.477. The number of nitrogens with one attached hydrogen (secondary N) is 1. The van der Waals surface area contributed by atoms with Crippen LogP contribution in [0.2, 0.25) is 0 Å². The fraction of sp³-hybridized carbons (Fsp3) is 0.647. The zero-order valence-corrected chi connectivity index (χ0v) is 14.3. The maximum Gasteiger partial charge on any atom is 0.0323 e. The first-order valence-corrected chi connectivity index (χ1v) is 9.95. The van der Waals surface area contributed by atoms with E-state index in [4.69, 9.17) is 0 Å². The normalized spacial score (nSPS) is 24.5. The molecular weight excluding hydrogens is 282 g/mol. The van der Waals surface area contributed by atoms with Crippen molar-refractivity contribution in [1.82, 2.24) is 5.32 Å². The molecule has 1 nitrogen and oxygen atoms in total. The second-order valence-electron chi connectivity index (χ2n) is 5.40. The van der Waals surface area contributed by atoms with Gasteiger partial charge in [0.15, 0.2) is 0 Å². The molecule has 3 atom stereocenters. The summed E-state index contributed by atoms with van der Waals surface area (Å²) in [6, 6.07) is 11.6. The molecule has 3 unspecified atom stereocenters. The minimum atomic E-state index is 0.611. The van der Waals surface area contributed by atoms with Crippen molar-refractivity contribution in [3.05, 3.63) is 35.9 Å². The van der Waals surface area contributed by atoms with E-state index in [9.17, 15) is 0 Å². The standard InChI is InChI=1S/C17H27NS2/c1-3-10-18-15(13-14-8-6-5-7-9-14)17-16(4-2)19-11-12-20-17/h5-9,15-18H,3-4,10-13H2,1-2H3. The van der Waals surface area contributed by atoms with Crippen LogP contribution in [0.15, 0.2) is 30.3 Å². The van der Waals surface area contributed by atoms with Crippen LogP contribution in [0.3, 0.4) is 0 Å². The van der Waals surface area contributed by atoms with Crippen LogP contribution in [0.5, 0.6) is 0 Å². The molecule has 20 heavy (non-hydrogen) atoms. The van der Waals surface area contributed by atoms with Crippen molar-refractivity contribution in [2.75, 3.05) is 18.1 Å². The van der Waals surface area contributed by atoms with Gasteiger partial charge < -0.3 is 5.32 Å². The summed E-state index contributed by atoms with van der Waals surface area (Å²) >= 11 is 4.37. The van der Waals surface area contributed by atoms with E-state index in [1.807, 2.05) is 0 Å². The average Bonchev–Trinajstić information content (AvgIpc) is 2.52. The Morgan fingerprint density at radius 3 is 2.60 bits per heavy atom. The number of benzene rings is 1. The third kappa shape index (κ3) is 4.71. The molecule has 1 saturated heterocycles. The summed E-state index contributed by atoms with van der Waals surface area (Å²) in [5.41, 5.74) is 1.46. The van der Waals surface area contributed by atoms with E-state index >= 15 is 0 Å². The molecule has 0 aliphatic carbocycles. The average molecular weight is 310 g/mol. The van der Waals surface area contributed by atoms with Gasteiger partial charge in [0.2, 0.25) is 0 Å². The van der Waals surface area contributed by atoms with E-state index < -0.39 is 0 Å². The number of rotatable bonds is 7. The molecule has 2 rings (SSSR count). The molecule has 1 heterocycles. The topological polar surface area (TPSA) is 12.0 Å². The van der Waals surface area contributed by atoms with E-state index in [0.717, 1.165) is 23.5 Å². The predicted octanol–water partition coefficient (Wildman–Crippen LogP) is 4.22. The zero-order valence-electron chi connectivity index (χ0n) is 12.7. The van der Waals surface area contributed by atoms with Crippen LogP contribution in [0, 0.1) is 0 Å². The summed E-state index contributed by atoms with van der Waals surface area (Å²) in [5.74, 6) is 2.64. The molecule has 0 spiro atoms. The number of hydrogen-bond donors (Lipinski definition) is 1. The highest BCUT2D eigenvalue weighted by molar-refractivity contribution is 8.07. The fourth-order valence-electron chi connectivity index (χ4n) is 2.81. The Bertz CT molecular complexity index is 369. The maximum absolute atomic E-state index is 3.82. The van der Waals surface area contributed by atoms with Crippen molar-refractivity contribution in [1.29, 1.82) is 0 Å². The first-order chi connectivity index (χ1) is 9.85. The van der Waals surface area contributed by atoms with Crippen LogP contribution in [-0.2, 0) is 6.42 Å². The lowest BCUT2D eigenvalue weighted by atomic mass is 10.00. The van der Waals surface area contributed by atoms with E-state index in [-0.39, 0.29) is 0 Å². The maximum atomic E-state index is 3.82. The molecule has 112 valence electrons. The lowest BCUT2D eigenvalue weighted by Gasteiger charge is -2.36. The molecule has 1 fully saturated rings. The molecule has 0 saturated carbocycles. The molecular formula is C17H27NS2. The third-order valence-corrected chi connectivity index (χ3v) is 7.25. The first-order valence-electron chi connectivity index (χ1n) is 7.85. The summed E-state index contributed by atoms with van der Waals surface area (Å²) in [6.45, 7) is 5.73. The lowest BCUT2D eigenvalue weighted by Crippen LogP contribution is -2.46. The monoisotopic (exact) mass is 309 g/mol. The Hall–Kier alpha value is -0.120. The Morgan fingerprint density at radius 1 is 1.15 bits per heavy atom. The zero-order chi connectivity index (χ0) is 14.2. The molecule has 1 aliphatic rings. The van der Waals surface area contributed by atoms with Gasteiger partial charge in [0.05, 0.1) is 0 Å². The minimum Gasteiger partial charge on any atom is -0.313 e. The highest BCUT2D eigenvalue weighted by Crippen LogP contribution is 2.36. The van der Waals surface area contributed by atoms with Crippen LogP contribution in [0.1, 0.15) is 32.3 Å². The number of thioether (sulfide) groups is 2. The Morgan fingerprint density at radius 2 is 1.90 bits per heavy atom. The highest BCUT2D eigenvalue weighted by Gasteiger charge is 2.31. The van der Waals surface area contributed by atoms with Crippen molar-refractivity contribution < 1.29 is 0 Å². The Labute approximate surface area is 132 Å². The summed E-state index contributed by atoms with van der Waals surface area (Å²) in [4.78, 5) is 0. The molecule has 1 aromatic rings. The second-order valence-corrected chi connectivity index (χ2v) is 8.04. The molecule has 3 heteroatoms. The van der Waals surface area contributed by atoms with Crippen molar-refractivity contribution in [3.8, 4) is 0 Å². The molecule has 0 bridgehead atoms. The summed E-state index contributed by atoms with van der Waals surface area (Å²) < 4.78 is 0. The predicted molar refractivity (Wildman–Crippen MR) is 95.0 cm³/mol. The summed E-state index contributed by atoms with van der Waals surface area (Å²) in [6.07, 6.45) is 3.67. The largest absolute Gasteiger partial charge is 0.313 e.